The molecule has 2 heteroatoms. The quantitative estimate of drug-likeness (QED) is 0.334. The molecule has 0 aliphatic carbocycles. The molecule has 0 radical (unpaired) electrons. The molecule has 0 saturated heterocycles. The van der Waals surface area contributed by atoms with Crippen LogP contribution in [0.2, 0.25) is 0 Å². The van der Waals surface area contributed by atoms with E-state index in [9.17, 15) is 0 Å². The molecule has 0 saturated carbocycles. The van der Waals surface area contributed by atoms with Crippen molar-refractivity contribution in [2.75, 3.05) is 11.9 Å². The van der Waals surface area contributed by atoms with Crippen molar-refractivity contribution < 1.29 is 4.48 Å². The highest BCUT2D eigenvalue weighted by Gasteiger charge is 2.60. The summed E-state index contributed by atoms with van der Waals surface area (Å²) in [6.45, 7) is 14.3. The van der Waals surface area contributed by atoms with Gasteiger partial charge in [-0.25, -0.2) is 0 Å². The zero-order valence-electron chi connectivity index (χ0n) is 23.1. The number of anilines is 1. The van der Waals surface area contributed by atoms with Crippen LogP contribution in [0, 0.1) is 11.8 Å². The summed E-state index contributed by atoms with van der Waals surface area (Å²) >= 11 is 0. The maximum Gasteiger partial charge on any atom is 0.201 e. The Morgan fingerprint density at radius 3 is 2.11 bits per heavy atom. The molecule has 36 heavy (non-hydrogen) atoms. The smallest absolute Gasteiger partial charge is 0.201 e. The van der Waals surface area contributed by atoms with Crippen molar-refractivity contribution in [3.8, 4) is 11.1 Å². The van der Waals surface area contributed by atoms with Gasteiger partial charge in [0.15, 0.2) is 0 Å². The fourth-order valence-corrected chi connectivity index (χ4v) is 7.17. The van der Waals surface area contributed by atoms with Crippen molar-refractivity contribution in [3.63, 3.8) is 0 Å². The van der Waals surface area contributed by atoms with E-state index < -0.39 is 0 Å². The molecular weight excluding hydrogens is 436 g/mol. The molecule has 3 heterocycles. The van der Waals surface area contributed by atoms with Crippen molar-refractivity contribution in [2.45, 2.75) is 72.5 Å². The number of nitrogens with zero attached hydrogens (tertiary/aromatic N) is 2. The third kappa shape index (κ3) is 3.27. The van der Waals surface area contributed by atoms with Crippen LogP contribution in [0.1, 0.15) is 75.5 Å². The minimum absolute atomic E-state index is 0.0910. The monoisotopic (exact) mass is 477 g/mol. The van der Waals surface area contributed by atoms with E-state index in [1.165, 1.54) is 50.3 Å². The van der Waals surface area contributed by atoms with Gasteiger partial charge in [-0.05, 0) is 66.8 Å². The molecule has 0 aromatic heterocycles. The van der Waals surface area contributed by atoms with Crippen LogP contribution in [-0.2, 0) is 19.3 Å². The summed E-state index contributed by atoms with van der Waals surface area (Å²) in [4.78, 5) is 2.73. The molecule has 0 N–H and O–H groups in total. The van der Waals surface area contributed by atoms with Gasteiger partial charge in [-0.2, -0.15) is 0 Å². The van der Waals surface area contributed by atoms with E-state index in [1.807, 2.05) is 0 Å². The van der Waals surface area contributed by atoms with Crippen LogP contribution < -0.4 is 4.90 Å². The van der Waals surface area contributed by atoms with Gasteiger partial charge in [0.2, 0.25) is 6.17 Å². The zero-order chi connectivity index (χ0) is 25.4. The Bertz CT molecular complexity index is 1350. The van der Waals surface area contributed by atoms with Crippen LogP contribution in [0.5, 0.6) is 0 Å². The second-order valence-corrected chi connectivity index (χ2v) is 12.9. The fourth-order valence-electron chi connectivity index (χ4n) is 7.17. The van der Waals surface area contributed by atoms with Crippen LogP contribution in [0.25, 0.3) is 16.8 Å². The number of benzene rings is 3. The average molecular weight is 478 g/mol. The molecule has 3 aliphatic heterocycles. The second-order valence-electron chi connectivity index (χ2n) is 12.9. The lowest BCUT2D eigenvalue weighted by Crippen LogP contribution is -2.62. The Morgan fingerprint density at radius 1 is 0.833 bits per heavy atom. The van der Waals surface area contributed by atoms with Gasteiger partial charge in [0, 0.05) is 23.1 Å². The van der Waals surface area contributed by atoms with Gasteiger partial charge in [0.25, 0.3) is 0 Å². The predicted molar refractivity (Wildman–Crippen MR) is 153 cm³/mol. The van der Waals surface area contributed by atoms with E-state index in [1.54, 1.807) is 0 Å². The van der Waals surface area contributed by atoms with E-state index in [0.717, 1.165) is 23.7 Å². The third-order valence-corrected chi connectivity index (χ3v) is 8.99. The van der Waals surface area contributed by atoms with Gasteiger partial charge < -0.3 is 0 Å². The number of fused-ring (bicyclic) bond motifs is 3. The number of hydrogen-bond acceptors (Lipinski definition) is 1. The standard InChI is InChI=1S/C34H41N2/c1-22(2)18-24-12-10-13-25(19-23(3)4)31(24)30-21-36(7)33-32-26(20-34(36,5)6)14-11-16-28(32)27-15-8-9-17-29(27)35(30)33/h8-17,21-23,33H,18-20H2,1-7H3/q+1. The maximum absolute atomic E-state index is 2.73. The molecule has 2 unspecified atom stereocenters. The third-order valence-electron chi connectivity index (χ3n) is 8.99. The van der Waals surface area contributed by atoms with Crippen LogP contribution in [-0.4, -0.2) is 17.1 Å². The highest BCUT2D eigenvalue weighted by atomic mass is 15.5. The van der Waals surface area contributed by atoms with Gasteiger partial charge in [-0.1, -0.05) is 82.3 Å². The SMILES string of the molecule is CC(C)Cc1cccc(CC(C)C)c1C1=C[N+]2(C)C3c4c(cccc4-c4ccccc4N13)CC2(C)C. The summed E-state index contributed by atoms with van der Waals surface area (Å²) in [6, 6.07) is 23.2. The molecule has 0 bridgehead atoms. The summed E-state index contributed by atoms with van der Waals surface area (Å²) in [7, 11) is 2.48. The first kappa shape index (κ1) is 23.6. The Kier molecular flexibility index (Phi) is 5.29. The van der Waals surface area contributed by atoms with Crippen molar-refractivity contribution in [1.82, 2.24) is 0 Å². The van der Waals surface area contributed by atoms with Crippen LogP contribution in [0.3, 0.4) is 0 Å². The Labute approximate surface area is 217 Å². The molecular formula is C34H41N2+. The van der Waals surface area contributed by atoms with E-state index in [0.29, 0.717) is 11.8 Å². The topological polar surface area (TPSA) is 3.24 Å². The molecule has 6 rings (SSSR count). The molecule has 2 nitrogen and oxygen atoms in total. The Balaban J connectivity index is 1.68. The lowest BCUT2D eigenvalue weighted by molar-refractivity contribution is -0.934. The first-order chi connectivity index (χ1) is 17.1. The van der Waals surface area contributed by atoms with E-state index in [-0.39, 0.29) is 11.7 Å². The summed E-state index contributed by atoms with van der Waals surface area (Å²) in [5.74, 6) is 1.23. The first-order valence-electron chi connectivity index (χ1n) is 13.8. The normalized spacial score (nSPS) is 23.1. The van der Waals surface area contributed by atoms with Gasteiger partial charge in [-0.3, -0.25) is 9.38 Å². The van der Waals surface area contributed by atoms with Crippen molar-refractivity contribution in [2.24, 2.45) is 11.8 Å². The number of rotatable bonds is 5. The molecule has 2 atom stereocenters. The average Bonchev–Trinajstić information content (AvgIpc) is 3.13. The number of para-hydroxylation sites is 1. The fraction of sp³-hybridized carbons (Fsp3) is 0.412. The van der Waals surface area contributed by atoms with Gasteiger partial charge in [0.05, 0.1) is 12.7 Å². The summed E-state index contributed by atoms with van der Waals surface area (Å²) in [5, 5.41) is 0. The summed E-state index contributed by atoms with van der Waals surface area (Å²) in [5.41, 5.74) is 13.2. The highest BCUT2D eigenvalue weighted by molar-refractivity contribution is 5.95. The van der Waals surface area contributed by atoms with E-state index in [4.69, 9.17) is 0 Å². The van der Waals surface area contributed by atoms with Crippen LogP contribution in [0.15, 0.2) is 66.9 Å². The highest BCUT2D eigenvalue weighted by Crippen LogP contribution is 2.61. The minimum Gasteiger partial charge on any atom is -0.281 e. The molecule has 3 aromatic carbocycles. The number of hydrogen-bond donors (Lipinski definition) is 0. The summed E-state index contributed by atoms with van der Waals surface area (Å²) in [6.07, 6.45) is 6.20. The zero-order valence-corrected chi connectivity index (χ0v) is 23.1. The summed E-state index contributed by atoms with van der Waals surface area (Å²) < 4.78 is 0.914. The van der Waals surface area contributed by atoms with Gasteiger partial charge in [0.1, 0.15) is 17.4 Å². The Hall–Kier alpha value is -2.84. The van der Waals surface area contributed by atoms with Crippen molar-refractivity contribution >= 4 is 11.4 Å². The van der Waals surface area contributed by atoms with Gasteiger partial charge >= 0.3 is 0 Å². The number of likely N-dealkylation sites (N-methyl/N-ethyl adjacent to an activating group) is 1. The largest absolute Gasteiger partial charge is 0.281 e. The Morgan fingerprint density at radius 2 is 1.44 bits per heavy atom. The minimum atomic E-state index is 0.0910. The molecule has 0 fully saturated rings. The van der Waals surface area contributed by atoms with E-state index >= 15 is 0 Å². The number of quaternary nitrogens is 1. The molecule has 186 valence electrons. The lowest BCUT2D eigenvalue weighted by Gasteiger charge is -2.54. The molecule has 0 amide bonds. The van der Waals surface area contributed by atoms with Crippen LogP contribution in [0.4, 0.5) is 5.69 Å². The molecule has 0 spiro atoms. The van der Waals surface area contributed by atoms with Crippen LogP contribution >= 0.6 is 0 Å². The predicted octanol–water partition coefficient (Wildman–Crippen LogP) is 8.36. The first-order valence-corrected chi connectivity index (χ1v) is 13.8. The molecule has 3 aromatic rings. The maximum atomic E-state index is 2.73. The van der Waals surface area contributed by atoms with E-state index in [2.05, 4.69) is 120 Å². The van der Waals surface area contributed by atoms with Crippen molar-refractivity contribution in [3.05, 3.63) is 94.7 Å². The molecule has 3 aliphatic rings. The second kappa shape index (κ2) is 8.08. The van der Waals surface area contributed by atoms with Crippen molar-refractivity contribution in [1.29, 1.82) is 0 Å². The lowest BCUT2D eigenvalue weighted by atomic mass is 9.77. The van der Waals surface area contributed by atoms with Gasteiger partial charge in [-0.15, -0.1) is 0 Å².